The Bertz CT molecular complexity index is 1190. The van der Waals surface area contributed by atoms with E-state index in [1.807, 2.05) is 11.9 Å². The summed E-state index contributed by atoms with van der Waals surface area (Å²) in [7, 11) is 3.42. The number of aromatic nitrogens is 1. The molecule has 0 aliphatic carbocycles. The number of carbonyl (C=O) groups is 2. The van der Waals surface area contributed by atoms with E-state index >= 15 is 0 Å². The number of carboxylic acids is 1. The fraction of sp³-hybridized carbons (Fsp3) is 0.333. The number of hydrogen-bond acceptors (Lipinski definition) is 8. The molecule has 0 saturated carbocycles. The lowest BCUT2D eigenvalue weighted by atomic mass is 10.2. The number of carboxylic acid groups (broad SMARTS) is 1. The SMILES string of the molecule is CCn1c(=O)/c(=C\Nc2cccc(NC(=O)CN(C)CCOC)c2)s/c1=C(/C#N)C(=O)O. The molecule has 0 bridgehead atoms. The number of hydrogen-bond donors (Lipinski definition) is 3. The summed E-state index contributed by atoms with van der Waals surface area (Å²) in [5.74, 6) is -1.56. The quantitative estimate of drug-likeness (QED) is 0.454. The lowest BCUT2D eigenvalue weighted by Crippen LogP contribution is -2.32. The van der Waals surface area contributed by atoms with Crippen LogP contribution in [0, 0.1) is 11.3 Å². The van der Waals surface area contributed by atoms with Gasteiger partial charge in [-0.15, -0.1) is 11.3 Å². The number of methoxy groups -OCH3 is 1. The van der Waals surface area contributed by atoms with E-state index in [1.165, 1.54) is 10.8 Å². The number of rotatable bonds is 10. The second kappa shape index (κ2) is 11.8. The van der Waals surface area contributed by atoms with Gasteiger partial charge in [-0.2, -0.15) is 5.26 Å². The molecule has 1 heterocycles. The molecule has 10 nitrogen and oxygen atoms in total. The van der Waals surface area contributed by atoms with Gasteiger partial charge in [-0.3, -0.25) is 19.1 Å². The molecule has 0 radical (unpaired) electrons. The zero-order chi connectivity index (χ0) is 23.7. The van der Waals surface area contributed by atoms with Gasteiger partial charge in [0.1, 0.15) is 15.3 Å². The van der Waals surface area contributed by atoms with Crippen molar-refractivity contribution in [2.75, 3.05) is 44.5 Å². The summed E-state index contributed by atoms with van der Waals surface area (Å²) in [6, 6.07) is 8.60. The maximum absolute atomic E-state index is 12.6. The van der Waals surface area contributed by atoms with Gasteiger partial charge in [0.25, 0.3) is 5.56 Å². The third-order valence-corrected chi connectivity index (χ3v) is 5.50. The van der Waals surface area contributed by atoms with E-state index in [-0.39, 0.29) is 28.2 Å². The number of aliphatic carboxylic acids is 1. The molecule has 3 N–H and O–H groups in total. The maximum Gasteiger partial charge on any atom is 0.349 e. The molecular weight excluding hydrogens is 434 g/mol. The van der Waals surface area contributed by atoms with Crippen LogP contribution in [0.3, 0.4) is 0 Å². The Hall–Kier alpha value is -3.46. The average molecular weight is 460 g/mol. The standard InChI is InChI=1S/C21H25N5O5S/c1-4-26-19(28)17(32-20(26)16(11-22)21(29)30)12-23-14-6-5-7-15(10-14)24-18(27)13-25(2)8-9-31-3/h5-7,10,12,23H,4,8-9,13H2,1-3H3,(H,24,27)(H,29,30)/b17-12+,20-16-. The van der Waals surface area contributed by atoms with Crippen molar-refractivity contribution in [1.82, 2.24) is 9.47 Å². The Morgan fingerprint density at radius 1 is 1.38 bits per heavy atom. The van der Waals surface area contributed by atoms with E-state index < -0.39 is 17.1 Å². The molecule has 32 heavy (non-hydrogen) atoms. The number of nitriles is 1. The fourth-order valence-electron chi connectivity index (χ4n) is 2.79. The van der Waals surface area contributed by atoms with Gasteiger partial charge in [-0.25, -0.2) is 4.79 Å². The highest BCUT2D eigenvalue weighted by molar-refractivity contribution is 7.07. The minimum Gasteiger partial charge on any atom is -0.477 e. The van der Waals surface area contributed by atoms with Crippen LogP contribution in [0.5, 0.6) is 0 Å². The number of anilines is 2. The highest BCUT2D eigenvalue weighted by Gasteiger charge is 2.13. The van der Waals surface area contributed by atoms with Gasteiger partial charge >= 0.3 is 5.97 Å². The van der Waals surface area contributed by atoms with Crippen molar-refractivity contribution in [1.29, 1.82) is 5.26 Å². The summed E-state index contributed by atoms with van der Waals surface area (Å²) in [5, 5.41) is 24.2. The first-order chi connectivity index (χ1) is 15.3. The molecule has 0 fully saturated rings. The van der Waals surface area contributed by atoms with Gasteiger partial charge in [0.15, 0.2) is 5.57 Å². The summed E-state index contributed by atoms with van der Waals surface area (Å²) < 4.78 is 6.60. The number of likely N-dealkylation sites (N-methyl/N-ethyl adjacent to an activating group) is 1. The van der Waals surface area contributed by atoms with Crippen LogP contribution in [0.2, 0.25) is 0 Å². The molecule has 0 saturated heterocycles. The van der Waals surface area contributed by atoms with Crippen LogP contribution in [-0.4, -0.2) is 60.3 Å². The van der Waals surface area contributed by atoms with Crippen molar-refractivity contribution >= 4 is 46.4 Å². The van der Waals surface area contributed by atoms with Gasteiger partial charge in [0, 0.05) is 37.8 Å². The smallest absolute Gasteiger partial charge is 0.349 e. The van der Waals surface area contributed by atoms with E-state index in [1.54, 1.807) is 44.4 Å². The second-order valence-electron chi connectivity index (χ2n) is 6.76. The molecule has 2 rings (SSSR count). The summed E-state index contributed by atoms with van der Waals surface area (Å²) in [4.78, 5) is 37.9. The largest absolute Gasteiger partial charge is 0.477 e. The van der Waals surface area contributed by atoms with Crippen molar-refractivity contribution in [3.8, 4) is 6.07 Å². The van der Waals surface area contributed by atoms with Gasteiger partial charge < -0.3 is 20.5 Å². The molecule has 0 aliphatic heterocycles. The predicted octanol–water partition coefficient (Wildman–Crippen LogP) is 0.0554. The number of thiazole rings is 1. The van der Waals surface area contributed by atoms with E-state index in [4.69, 9.17) is 10.00 Å². The van der Waals surface area contributed by atoms with Crippen molar-refractivity contribution in [3.05, 3.63) is 43.8 Å². The molecule has 0 unspecified atom stereocenters. The van der Waals surface area contributed by atoms with E-state index in [2.05, 4.69) is 10.6 Å². The van der Waals surface area contributed by atoms with Crippen LogP contribution in [0.15, 0.2) is 29.1 Å². The highest BCUT2D eigenvalue weighted by atomic mass is 32.1. The summed E-state index contributed by atoms with van der Waals surface area (Å²) in [6.07, 6.45) is 1.46. The Labute approximate surface area is 188 Å². The molecule has 1 aromatic carbocycles. The van der Waals surface area contributed by atoms with Gasteiger partial charge in [0.2, 0.25) is 5.91 Å². The van der Waals surface area contributed by atoms with Crippen LogP contribution in [-0.2, 0) is 20.9 Å². The van der Waals surface area contributed by atoms with Crippen LogP contribution in [0.25, 0.3) is 11.8 Å². The zero-order valence-electron chi connectivity index (χ0n) is 18.0. The molecule has 2 aromatic rings. The first-order valence-electron chi connectivity index (χ1n) is 9.72. The van der Waals surface area contributed by atoms with E-state index in [9.17, 15) is 19.5 Å². The van der Waals surface area contributed by atoms with Crippen molar-refractivity contribution in [3.63, 3.8) is 0 Å². The Kier molecular flexibility index (Phi) is 9.15. The molecular formula is C21H25N5O5S. The topological polar surface area (TPSA) is 137 Å². The number of nitrogens with one attached hydrogen (secondary N) is 2. The zero-order valence-corrected chi connectivity index (χ0v) is 18.9. The number of benzene rings is 1. The molecule has 1 amide bonds. The first-order valence-corrected chi connectivity index (χ1v) is 10.5. The second-order valence-corrected chi connectivity index (χ2v) is 7.79. The highest BCUT2D eigenvalue weighted by Crippen LogP contribution is 2.15. The van der Waals surface area contributed by atoms with Crippen LogP contribution >= 0.6 is 11.3 Å². The van der Waals surface area contributed by atoms with Crippen molar-refractivity contribution in [2.24, 2.45) is 0 Å². The predicted molar refractivity (Wildman–Crippen MR) is 123 cm³/mol. The molecule has 0 atom stereocenters. The monoisotopic (exact) mass is 459 g/mol. The third-order valence-electron chi connectivity index (χ3n) is 4.37. The Morgan fingerprint density at radius 2 is 2.09 bits per heavy atom. The molecule has 0 aliphatic rings. The van der Waals surface area contributed by atoms with Crippen LogP contribution in [0.1, 0.15) is 6.92 Å². The Morgan fingerprint density at radius 3 is 2.72 bits per heavy atom. The molecule has 11 heteroatoms. The number of amides is 1. The minimum absolute atomic E-state index is 0.0964. The fourth-order valence-corrected chi connectivity index (χ4v) is 3.87. The number of ether oxygens (including phenoxy) is 1. The molecule has 1 aromatic heterocycles. The van der Waals surface area contributed by atoms with Crippen LogP contribution in [0.4, 0.5) is 11.4 Å². The number of nitrogens with zero attached hydrogens (tertiary/aromatic N) is 3. The summed E-state index contributed by atoms with van der Waals surface area (Å²) in [6.45, 7) is 3.31. The average Bonchev–Trinajstić information content (AvgIpc) is 3.06. The van der Waals surface area contributed by atoms with E-state index in [0.717, 1.165) is 11.3 Å². The molecule has 0 spiro atoms. The number of carbonyl (C=O) groups excluding carboxylic acids is 1. The van der Waals surface area contributed by atoms with Gasteiger partial charge in [0.05, 0.1) is 13.2 Å². The van der Waals surface area contributed by atoms with Crippen molar-refractivity contribution < 1.29 is 19.4 Å². The lowest BCUT2D eigenvalue weighted by Gasteiger charge is -2.15. The van der Waals surface area contributed by atoms with Crippen LogP contribution < -0.4 is 25.4 Å². The lowest BCUT2D eigenvalue weighted by molar-refractivity contribution is -0.130. The maximum atomic E-state index is 12.6. The first kappa shape index (κ1) is 24.8. The molecule has 170 valence electrons. The Balaban J connectivity index is 2.23. The van der Waals surface area contributed by atoms with Crippen molar-refractivity contribution in [2.45, 2.75) is 13.5 Å². The normalized spacial score (nSPS) is 12.4. The van der Waals surface area contributed by atoms with Gasteiger partial charge in [-0.1, -0.05) is 6.07 Å². The summed E-state index contributed by atoms with van der Waals surface area (Å²) in [5.41, 5.74) is 0.333. The van der Waals surface area contributed by atoms with Gasteiger partial charge in [-0.05, 0) is 32.2 Å². The third kappa shape index (κ3) is 6.52. The summed E-state index contributed by atoms with van der Waals surface area (Å²) >= 11 is 0.926. The minimum atomic E-state index is -1.38. The van der Waals surface area contributed by atoms with E-state index in [0.29, 0.717) is 24.5 Å².